The summed E-state index contributed by atoms with van der Waals surface area (Å²) < 4.78 is 3.32. The first-order valence-electron chi connectivity index (χ1n) is 7.39. The SMILES string of the molecule is C[C@H](NC(=O)[C@H](C)n1cncn1)c1cccc(-n2cccn2)c1. The number of nitrogens with one attached hydrogen (secondary N) is 1. The van der Waals surface area contributed by atoms with E-state index in [1.54, 1.807) is 17.8 Å². The van der Waals surface area contributed by atoms with Crippen LogP contribution in [0, 0.1) is 0 Å². The number of nitrogens with zero attached hydrogens (tertiary/aromatic N) is 5. The van der Waals surface area contributed by atoms with Gasteiger partial charge in [0, 0.05) is 12.4 Å². The Morgan fingerprint density at radius 3 is 2.78 bits per heavy atom. The van der Waals surface area contributed by atoms with Crippen molar-refractivity contribution in [3.05, 3.63) is 60.9 Å². The molecule has 0 bridgehead atoms. The number of carbonyl (C=O) groups is 1. The van der Waals surface area contributed by atoms with Crippen molar-refractivity contribution in [3.63, 3.8) is 0 Å². The third-order valence-electron chi connectivity index (χ3n) is 3.71. The van der Waals surface area contributed by atoms with Crippen LogP contribution < -0.4 is 5.32 Å². The molecule has 0 aliphatic heterocycles. The van der Waals surface area contributed by atoms with Crippen molar-refractivity contribution in [2.75, 3.05) is 0 Å². The molecule has 1 aromatic carbocycles. The summed E-state index contributed by atoms with van der Waals surface area (Å²) in [5, 5.41) is 11.2. The lowest BCUT2D eigenvalue weighted by molar-refractivity contribution is -0.124. The molecule has 7 heteroatoms. The maximum Gasteiger partial charge on any atom is 0.245 e. The van der Waals surface area contributed by atoms with Gasteiger partial charge < -0.3 is 5.32 Å². The van der Waals surface area contributed by atoms with Gasteiger partial charge in [-0.15, -0.1) is 0 Å². The highest BCUT2D eigenvalue weighted by Gasteiger charge is 2.18. The van der Waals surface area contributed by atoms with Gasteiger partial charge >= 0.3 is 0 Å². The van der Waals surface area contributed by atoms with Gasteiger partial charge in [-0.2, -0.15) is 10.2 Å². The summed E-state index contributed by atoms with van der Waals surface area (Å²) in [4.78, 5) is 16.2. The van der Waals surface area contributed by atoms with E-state index in [9.17, 15) is 4.79 Å². The average molecular weight is 310 g/mol. The fourth-order valence-corrected chi connectivity index (χ4v) is 2.31. The summed E-state index contributed by atoms with van der Waals surface area (Å²) in [6.45, 7) is 3.74. The summed E-state index contributed by atoms with van der Waals surface area (Å²) in [6.07, 6.45) is 6.57. The van der Waals surface area contributed by atoms with Crippen LogP contribution in [0.3, 0.4) is 0 Å². The molecule has 0 spiro atoms. The van der Waals surface area contributed by atoms with Gasteiger partial charge in [0.25, 0.3) is 0 Å². The molecule has 0 saturated carbocycles. The molecule has 1 amide bonds. The zero-order valence-electron chi connectivity index (χ0n) is 13.0. The Morgan fingerprint density at radius 1 is 1.22 bits per heavy atom. The van der Waals surface area contributed by atoms with Gasteiger partial charge in [-0.1, -0.05) is 12.1 Å². The maximum absolute atomic E-state index is 12.3. The molecular weight excluding hydrogens is 292 g/mol. The molecule has 3 aromatic rings. The highest BCUT2D eigenvalue weighted by molar-refractivity contribution is 5.80. The number of hydrogen-bond acceptors (Lipinski definition) is 4. The van der Waals surface area contributed by atoms with Gasteiger partial charge in [-0.3, -0.25) is 4.79 Å². The van der Waals surface area contributed by atoms with E-state index >= 15 is 0 Å². The Balaban J connectivity index is 1.72. The van der Waals surface area contributed by atoms with E-state index in [2.05, 4.69) is 20.5 Å². The van der Waals surface area contributed by atoms with E-state index in [4.69, 9.17) is 0 Å². The van der Waals surface area contributed by atoms with Crippen molar-refractivity contribution >= 4 is 5.91 Å². The first-order chi connectivity index (χ1) is 11.1. The Labute approximate surface area is 134 Å². The van der Waals surface area contributed by atoms with Gasteiger partial charge in [0.15, 0.2) is 0 Å². The third-order valence-corrected chi connectivity index (χ3v) is 3.71. The van der Waals surface area contributed by atoms with E-state index < -0.39 is 6.04 Å². The van der Waals surface area contributed by atoms with Crippen LogP contribution in [0.15, 0.2) is 55.4 Å². The normalized spacial score (nSPS) is 13.5. The van der Waals surface area contributed by atoms with Crippen LogP contribution in [-0.2, 0) is 4.79 Å². The molecule has 3 rings (SSSR count). The van der Waals surface area contributed by atoms with Crippen molar-refractivity contribution in [2.45, 2.75) is 25.9 Å². The van der Waals surface area contributed by atoms with Crippen LogP contribution in [0.25, 0.3) is 5.69 Å². The quantitative estimate of drug-likeness (QED) is 0.781. The molecular formula is C16H18N6O. The average Bonchev–Trinajstić information content (AvgIpc) is 3.27. The van der Waals surface area contributed by atoms with E-state index in [-0.39, 0.29) is 11.9 Å². The van der Waals surface area contributed by atoms with Crippen LogP contribution in [0.2, 0.25) is 0 Å². The third kappa shape index (κ3) is 3.28. The fourth-order valence-electron chi connectivity index (χ4n) is 2.31. The van der Waals surface area contributed by atoms with Crippen LogP contribution in [-0.4, -0.2) is 30.5 Å². The minimum Gasteiger partial charge on any atom is -0.348 e. The molecule has 2 atom stereocenters. The largest absolute Gasteiger partial charge is 0.348 e. The van der Waals surface area contributed by atoms with E-state index in [1.165, 1.54) is 17.3 Å². The number of carbonyl (C=O) groups excluding carboxylic acids is 1. The zero-order valence-corrected chi connectivity index (χ0v) is 13.0. The van der Waals surface area contributed by atoms with Crippen molar-refractivity contribution in [3.8, 4) is 5.69 Å². The van der Waals surface area contributed by atoms with E-state index in [1.807, 2.05) is 43.5 Å². The lowest BCUT2D eigenvalue weighted by atomic mass is 10.1. The molecule has 1 N–H and O–H groups in total. The van der Waals surface area contributed by atoms with Gasteiger partial charge in [0.05, 0.1) is 11.7 Å². The van der Waals surface area contributed by atoms with Crippen molar-refractivity contribution < 1.29 is 4.79 Å². The molecule has 0 aliphatic rings. The summed E-state index contributed by atoms with van der Waals surface area (Å²) in [5.41, 5.74) is 1.97. The lowest BCUT2D eigenvalue weighted by Gasteiger charge is -2.18. The first-order valence-corrected chi connectivity index (χ1v) is 7.39. The molecule has 0 fully saturated rings. The second-order valence-corrected chi connectivity index (χ2v) is 5.33. The number of benzene rings is 1. The van der Waals surface area contributed by atoms with Crippen LogP contribution in [0.5, 0.6) is 0 Å². The van der Waals surface area contributed by atoms with Crippen LogP contribution in [0.4, 0.5) is 0 Å². The summed E-state index contributed by atoms with van der Waals surface area (Å²) in [7, 11) is 0. The molecule has 0 saturated heterocycles. The molecule has 118 valence electrons. The highest BCUT2D eigenvalue weighted by atomic mass is 16.2. The highest BCUT2D eigenvalue weighted by Crippen LogP contribution is 2.17. The predicted molar refractivity (Wildman–Crippen MR) is 84.9 cm³/mol. The Morgan fingerprint density at radius 2 is 2.09 bits per heavy atom. The van der Waals surface area contributed by atoms with Gasteiger partial charge in [0.2, 0.25) is 5.91 Å². The van der Waals surface area contributed by atoms with Crippen LogP contribution in [0.1, 0.15) is 31.5 Å². The van der Waals surface area contributed by atoms with E-state index in [0.29, 0.717) is 0 Å². The Kier molecular flexibility index (Phi) is 4.18. The molecule has 2 aromatic heterocycles. The van der Waals surface area contributed by atoms with Crippen molar-refractivity contribution in [1.29, 1.82) is 0 Å². The van der Waals surface area contributed by atoms with Crippen LogP contribution >= 0.6 is 0 Å². The molecule has 0 aliphatic carbocycles. The second kappa shape index (κ2) is 6.43. The molecule has 0 radical (unpaired) electrons. The summed E-state index contributed by atoms with van der Waals surface area (Å²) >= 11 is 0. The molecule has 23 heavy (non-hydrogen) atoms. The monoisotopic (exact) mass is 310 g/mol. The van der Waals surface area contributed by atoms with Gasteiger partial charge in [0.1, 0.15) is 18.7 Å². The molecule has 2 heterocycles. The number of hydrogen-bond donors (Lipinski definition) is 1. The van der Waals surface area contributed by atoms with Crippen molar-refractivity contribution in [2.24, 2.45) is 0 Å². The first kappa shape index (κ1) is 15.0. The molecule has 7 nitrogen and oxygen atoms in total. The minimum atomic E-state index is -0.408. The second-order valence-electron chi connectivity index (χ2n) is 5.33. The standard InChI is InChI=1S/C16H18N6O/c1-12(20-16(23)13(2)22-11-17-10-19-22)14-5-3-6-15(9-14)21-8-4-7-18-21/h3-13H,1-2H3,(H,20,23)/t12-,13-/m0/s1. The Bertz CT molecular complexity index is 766. The number of aromatic nitrogens is 5. The van der Waals surface area contributed by atoms with E-state index in [0.717, 1.165) is 11.3 Å². The number of rotatable bonds is 5. The smallest absolute Gasteiger partial charge is 0.245 e. The maximum atomic E-state index is 12.3. The summed E-state index contributed by atoms with van der Waals surface area (Å²) in [5.74, 6) is -0.104. The summed E-state index contributed by atoms with van der Waals surface area (Å²) in [6, 6.07) is 9.27. The fraction of sp³-hybridized carbons (Fsp3) is 0.250. The number of amides is 1. The van der Waals surface area contributed by atoms with Crippen molar-refractivity contribution in [1.82, 2.24) is 29.9 Å². The lowest BCUT2D eigenvalue weighted by Crippen LogP contribution is -2.33. The minimum absolute atomic E-state index is 0.104. The zero-order chi connectivity index (χ0) is 16.2. The predicted octanol–water partition coefficient (Wildman–Crippen LogP) is 1.90. The van der Waals surface area contributed by atoms with Gasteiger partial charge in [-0.05, 0) is 37.6 Å². The van der Waals surface area contributed by atoms with Gasteiger partial charge in [-0.25, -0.2) is 14.3 Å². The molecule has 0 unspecified atom stereocenters. The Hall–Kier alpha value is -2.96. The topological polar surface area (TPSA) is 77.6 Å².